The molecule has 0 fully saturated rings. The molecule has 0 spiro atoms. The van der Waals surface area contributed by atoms with E-state index >= 15 is 0 Å². The highest BCUT2D eigenvalue weighted by molar-refractivity contribution is 7.99. The maximum absolute atomic E-state index is 12.2. The van der Waals surface area contributed by atoms with Crippen molar-refractivity contribution in [1.82, 2.24) is 0 Å². The zero-order chi connectivity index (χ0) is 12.1. The van der Waals surface area contributed by atoms with Gasteiger partial charge in [0.1, 0.15) is 0 Å². The number of benzene rings is 1. The molecule has 2 nitrogen and oxygen atoms in total. The molecule has 0 aromatic heterocycles. The van der Waals surface area contributed by atoms with Crippen molar-refractivity contribution in [2.75, 3.05) is 0 Å². The van der Waals surface area contributed by atoms with Gasteiger partial charge < -0.3 is 5.11 Å². The molecule has 1 unspecified atom stereocenters. The van der Waals surface area contributed by atoms with Crippen LogP contribution in [0.3, 0.4) is 0 Å². The summed E-state index contributed by atoms with van der Waals surface area (Å²) in [5, 5.41) is 8.76. The Bertz CT molecular complexity index is 369. The topological polar surface area (TPSA) is 37.3 Å². The van der Waals surface area contributed by atoms with E-state index in [1.807, 2.05) is 0 Å². The summed E-state index contributed by atoms with van der Waals surface area (Å²) in [4.78, 5) is 11.1. The van der Waals surface area contributed by atoms with Crippen LogP contribution in [0.1, 0.15) is 12.5 Å². The number of carbonyl (C=O) groups is 1. The molecule has 1 N–H and O–H groups in total. The van der Waals surface area contributed by atoms with E-state index in [0.29, 0.717) is 22.2 Å². The Morgan fingerprint density at radius 3 is 2.62 bits per heavy atom. The molecule has 0 amide bonds. The molecule has 0 aliphatic carbocycles. The number of aliphatic carboxylic acids is 1. The summed E-state index contributed by atoms with van der Waals surface area (Å²) >= 11 is 0.452. The van der Waals surface area contributed by atoms with Crippen LogP contribution in [-0.2, 0) is 11.2 Å². The molecule has 0 saturated carbocycles. The highest BCUT2D eigenvalue weighted by Crippen LogP contribution is 2.29. The van der Waals surface area contributed by atoms with Gasteiger partial charge in [-0.25, -0.2) is 0 Å². The van der Waals surface area contributed by atoms with Crippen LogP contribution < -0.4 is 0 Å². The monoisotopic (exact) mass is 246 g/mol. The minimum absolute atomic E-state index is 0.269. The van der Waals surface area contributed by atoms with Crippen LogP contribution in [0, 0.1) is 5.92 Å². The van der Waals surface area contributed by atoms with Crippen molar-refractivity contribution < 1.29 is 18.7 Å². The number of rotatable bonds is 5. The Kier molecular flexibility index (Phi) is 4.73. The van der Waals surface area contributed by atoms with Gasteiger partial charge in [-0.05, 0) is 18.1 Å². The third-order valence-electron chi connectivity index (χ3n) is 2.14. The van der Waals surface area contributed by atoms with Crippen LogP contribution in [0.2, 0.25) is 0 Å². The van der Waals surface area contributed by atoms with Crippen LogP contribution in [0.15, 0.2) is 29.2 Å². The first-order valence-electron chi connectivity index (χ1n) is 4.76. The highest BCUT2D eigenvalue weighted by atomic mass is 32.2. The summed E-state index contributed by atoms with van der Waals surface area (Å²) < 4.78 is 24.5. The second-order valence-electron chi connectivity index (χ2n) is 3.43. The second kappa shape index (κ2) is 5.84. The van der Waals surface area contributed by atoms with E-state index < -0.39 is 17.6 Å². The maximum atomic E-state index is 12.2. The van der Waals surface area contributed by atoms with Crippen molar-refractivity contribution in [3.63, 3.8) is 0 Å². The van der Waals surface area contributed by atoms with Gasteiger partial charge in [-0.2, -0.15) is 8.78 Å². The lowest BCUT2D eigenvalue weighted by Gasteiger charge is -2.10. The summed E-state index contributed by atoms with van der Waals surface area (Å²) in [6.07, 6.45) is 0.269. The lowest BCUT2D eigenvalue weighted by atomic mass is 10.0. The van der Waals surface area contributed by atoms with E-state index in [9.17, 15) is 13.6 Å². The van der Waals surface area contributed by atoms with Gasteiger partial charge in [-0.1, -0.05) is 36.9 Å². The molecule has 1 atom stereocenters. The Morgan fingerprint density at radius 2 is 2.06 bits per heavy atom. The van der Waals surface area contributed by atoms with Gasteiger partial charge in [-0.15, -0.1) is 0 Å². The average molecular weight is 246 g/mol. The van der Waals surface area contributed by atoms with Crippen LogP contribution in [0.4, 0.5) is 8.78 Å². The predicted octanol–water partition coefficient (Wildman–Crippen LogP) is 3.26. The van der Waals surface area contributed by atoms with E-state index in [1.54, 1.807) is 31.2 Å². The van der Waals surface area contributed by atoms with E-state index in [0.717, 1.165) is 0 Å². The third kappa shape index (κ3) is 3.81. The fourth-order valence-corrected chi connectivity index (χ4v) is 1.95. The summed E-state index contributed by atoms with van der Waals surface area (Å²) in [5.41, 5.74) is 0.655. The van der Waals surface area contributed by atoms with Crippen molar-refractivity contribution in [3.05, 3.63) is 29.8 Å². The van der Waals surface area contributed by atoms with Crippen molar-refractivity contribution in [2.45, 2.75) is 24.0 Å². The number of carboxylic acid groups (broad SMARTS) is 1. The summed E-state index contributed by atoms with van der Waals surface area (Å²) in [6.45, 7) is 1.56. The molecule has 0 bridgehead atoms. The van der Waals surface area contributed by atoms with Crippen LogP contribution in [0.5, 0.6) is 0 Å². The molecule has 0 aliphatic heterocycles. The Labute approximate surface area is 96.7 Å². The number of hydrogen-bond donors (Lipinski definition) is 1. The number of alkyl halides is 2. The zero-order valence-electron chi connectivity index (χ0n) is 8.69. The van der Waals surface area contributed by atoms with Gasteiger partial charge in [0.25, 0.3) is 5.76 Å². The fourth-order valence-electron chi connectivity index (χ4n) is 1.30. The first-order chi connectivity index (χ1) is 7.50. The quantitative estimate of drug-likeness (QED) is 0.810. The van der Waals surface area contributed by atoms with Crippen LogP contribution >= 0.6 is 11.8 Å². The number of thioether (sulfide) groups is 1. The normalized spacial score (nSPS) is 12.8. The van der Waals surface area contributed by atoms with Crippen molar-refractivity contribution in [1.29, 1.82) is 0 Å². The van der Waals surface area contributed by atoms with Gasteiger partial charge >= 0.3 is 5.97 Å². The first kappa shape index (κ1) is 13.0. The van der Waals surface area contributed by atoms with E-state index in [1.165, 1.54) is 0 Å². The predicted molar refractivity (Wildman–Crippen MR) is 58.8 cm³/mol. The molecule has 88 valence electrons. The Balaban J connectivity index is 2.82. The molecule has 0 heterocycles. The lowest BCUT2D eigenvalue weighted by Crippen LogP contribution is -2.12. The lowest BCUT2D eigenvalue weighted by molar-refractivity contribution is -0.141. The molecule has 1 rings (SSSR count). The van der Waals surface area contributed by atoms with E-state index in [4.69, 9.17) is 5.11 Å². The van der Waals surface area contributed by atoms with Crippen LogP contribution in [0.25, 0.3) is 0 Å². The molecule has 0 radical (unpaired) electrons. The summed E-state index contributed by atoms with van der Waals surface area (Å²) in [7, 11) is 0. The summed E-state index contributed by atoms with van der Waals surface area (Å²) in [5.74, 6) is -3.97. The second-order valence-corrected chi connectivity index (χ2v) is 4.46. The molecule has 0 aliphatic rings. The highest BCUT2D eigenvalue weighted by Gasteiger charge is 2.15. The minimum atomic E-state index is -2.48. The Morgan fingerprint density at radius 1 is 1.44 bits per heavy atom. The van der Waals surface area contributed by atoms with Crippen LogP contribution in [-0.4, -0.2) is 16.8 Å². The minimum Gasteiger partial charge on any atom is -0.481 e. The SMILES string of the molecule is CC(Cc1ccccc1SC(F)F)C(=O)O. The van der Waals surface area contributed by atoms with Crippen molar-refractivity contribution in [2.24, 2.45) is 5.92 Å². The average Bonchev–Trinajstić information content (AvgIpc) is 2.20. The number of halogens is 2. The number of carboxylic acids is 1. The molecule has 0 saturated heterocycles. The smallest absolute Gasteiger partial charge is 0.306 e. The molecule has 1 aromatic rings. The van der Waals surface area contributed by atoms with Gasteiger partial charge in [-0.3, -0.25) is 4.79 Å². The zero-order valence-corrected chi connectivity index (χ0v) is 9.51. The largest absolute Gasteiger partial charge is 0.481 e. The first-order valence-corrected chi connectivity index (χ1v) is 5.64. The maximum Gasteiger partial charge on any atom is 0.306 e. The Hall–Kier alpha value is -1.10. The van der Waals surface area contributed by atoms with Crippen molar-refractivity contribution in [3.8, 4) is 0 Å². The van der Waals surface area contributed by atoms with Gasteiger partial charge in [0.15, 0.2) is 0 Å². The molecule has 5 heteroatoms. The number of hydrogen-bond acceptors (Lipinski definition) is 2. The van der Waals surface area contributed by atoms with Gasteiger partial charge in [0.2, 0.25) is 0 Å². The van der Waals surface area contributed by atoms with Crippen molar-refractivity contribution >= 4 is 17.7 Å². The standard InChI is InChI=1S/C11H12F2O2S/c1-7(10(14)15)6-8-4-2-3-5-9(8)16-11(12)13/h2-5,7,11H,6H2,1H3,(H,14,15). The molecular formula is C11H12F2O2S. The van der Waals surface area contributed by atoms with E-state index in [-0.39, 0.29) is 6.42 Å². The molecular weight excluding hydrogens is 234 g/mol. The summed E-state index contributed by atoms with van der Waals surface area (Å²) in [6, 6.07) is 6.66. The third-order valence-corrected chi connectivity index (χ3v) is 2.97. The molecule has 1 aromatic carbocycles. The fraction of sp³-hybridized carbons (Fsp3) is 0.364. The van der Waals surface area contributed by atoms with E-state index in [2.05, 4.69) is 0 Å². The molecule has 16 heavy (non-hydrogen) atoms. The van der Waals surface area contributed by atoms with Gasteiger partial charge in [0, 0.05) is 4.90 Å². The van der Waals surface area contributed by atoms with Gasteiger partial charge in [0.05, 0.1) is 5.92 Å².